The molecule has 0 aliphatic rings. The van der Waals surface area contributed by atoms with E-state index in [0.29, 0.717) is 17.1 Å². The van der Waals surface area contributed by atoms with Gasteiger partial charge in [-0.25, -0.2) is 5.43 Å². The number of rotatable bonds is 8. The number of benzene rings is 3. The van der Waals surface area contributed by atoms with E-state index in [1.54, 1.807) is 32.4 Å². The number of ether oxygens (including phenoxy) is 2. The predicted molar refractivity (Wildman–Crippen MR) is 132 cm³/mol. The summed E-state index contributed by atoms with van der Waals surface area (Å²) in [6.45, 7) is 1.82. The van der Waals surface area contributed by atoms with Gasteiger partial charge in [0, 0.05) is 34.3 Å². The number of nitro benzene ring substituents is 1. The Hall–Kier alpha value is -4.79. The first-order valence-corrected chi connectivity index (χ1v) is 10.7. The molecule has 4 rings (SSSR count). The lowest BCUT2D eigenvalue weighted by molar-refractivity contribution is -0.385. The summed E-state index contributed by atoms with van der Waals surface area (Å²) >= 11 is 0. The summed E-state index contributed by atoms with van der Waals surface area (Å²) in [6.07, 6.45) is 3.22. The number of hydrazone groups is 1. The Morgan fingerprint density at radius 2 is 1.94 bits per heavy atom. The van der Waals surface area contributed by atoms with Crippen molar-refractivity contribution in [1.82, 2.24) is 10.4 Å². The third-order valence-electron chi connectivity index (χ3n) is 5.32. The Morgan fingerprint density at radius 1 is 1.11 bits per heavy atom. The molecule has 1 amide bonds. The van der Waals surface area contributed by atoms with Crippen molar-refractivity contribution in [3.05, 3.63) is 105 Å². The number of aryl methyl sites for hydroxylation is 1. The Balaban J connectivity index is 1.46. The minimum Gasteiger partial charge on any atom is -0.496 e. The summed E-state index contributed by atoms with van der Waals surface area (Å²) < 4.78 is 11.5. The van der Waals surface area contributed by atoms with Crippen LogP contribution in [-0.2, 0) is 6.61 Å². The number of carbonyl (C=O) groups excluding carboxylic acids is 1. The molecule has 1 aromatic heterocycles. The van der Waals surface area contributed by atoms with E-state index in [1.807, 2.05) is 36.4 Å². The average molecular weight is 470 g/mol. The van der Waals surface area contributed by atoms with E-state index < -0.39 is 10.8 Å². The molecule has 176 valence electrons. The Morgan fingerprint density at radius 3 is 2.71 bits per heavy atom. The highest BCUT2D eigenvalue weighted by molar-refractivity contribution is 5.95. The number of hydrogen-bond acceptors (Lipinski definition) is 7. The zero-order chi connectivity index (χ0) is 24.8. The molecule has 0 aliphatic carbocycles. The van der Waals surface area contributed by atoms with Gasteiger partial charge in [0.2, 0.25) is 0 Å². The number of pyridine rings is 1. The topological polar surface area (TPSA) is 116 Å². The van der Waals surface area contributed by atoms with Crippen LogP contribution >= 0.6 is 0 Å². The van der Waals surface area contributed by atoms with E-state index in [2.05, 4.69) is 15.5 Å². The Labute approximate surface area is 201 Å². The fraction of sp³-hybridized carbons (Fsp3) is 0.115. The van der Waals surface area contributed by atoms with Crippen LogP contribution < -0.4 is 14.9 Å². The molecular weight excluding hydrogens is 448 g/mol. The summed E-state index contributed by atoms with van der Waals surface area (Å²) in [5, 5.41) is 15.9. The van der Waals surface area contributed by atoms with E-state index in [4.69, 9.17) is 9.47 Å². The molecule has 1 N–H and O–H groups in total. The molecular formula is C26H22N4O5. The number of amides is 1. The number of para-hydroxylation sites is 1. The number of nitrogens with one attached hydrogen (secondary N) is 1. The lowest BCUT2D eigenvalue weighted by Crippen LogP contribution is -2.17. The maximum absolute atomic E-state index is 12.4. The van der Waals surface area contributed by atoms with Crippen LogP contribution in [0.2, 0.25) is 0 Å². The molecule has 35 heavy (non-hydrogen) atoms. The zero-order valence-electron chi connectivity index (χ0n) is 19.1. The monoisotopic (exact) mass is 470 g/mol. The van der Waals surface area contributed by atoms with Crippen LogP contribution in [-0.4, -0.2) is 29.1 Å². The highest BCUT2D eigenvalue weighted by Crippen LogP contribution is 2.26. The fourth-order valence-corrected chi connectivity index (χ4v) is 3.57. The van der Waals surface area contributed by atoms with Gasteiger partial charge in [0.15, 0.2) is 0 Å². The fourth-order valence-electron chi connectivity index (χ4n) is 3.57. The number of nitrogens with zero attached hydrogens (tertiary/aromatic N) is 3. The molecule has 9 heteroatoms. The number of aromatic nitrogens is 1. The van der Waals surface area contributed by atoms with Gasteiger partial charge in [0.05, 0.1) is 18.2 Å². The molecule has 0 radical (unpaired) electrons. The second-order valence-electron chi connectivity index (χ2n) is 7.65. The molecule has 0 fully saturated rings. The van der Waals surface area contributed by atoms with Gasteiger partial charge >= 0.3 is 0 Å². The van der Waals surface area contributed by atoms with Crippen molar-refractivity contribution < 1.29 is 19.2 Å². The minimum atomic E-state index is -0.489. The van der Waals surface area contributed by atoms with Crippen LogP contribution in [0.3, 0.4) is 0 Å². The van der Waals surface area contributed by atoms with Crippen LogP contribution in [0.15, 0.2) is 78.0 Å². The van der Waals surface area contributed by atoms with Crippen molar-refractivity contribution in [2.75, 3.05) is 7.11 Å². The second-order valence-corrected chi connectivity index (χ2v) is 7.65. The summed E-state index contributed by atoms with van der Waals surface area (Å²) in [5.41, 5.74) is 5.36. The second kappa shape index (κ2) is 10.4. The van der Waals surface area contributed by atoms with Gasteiger partial charge in [-0.15, -0.1) is 0 Å². The molecule has 0 saturated heterocycles. The highest BCUT2D eigenvalue weighted by atomic mass is 16.6. The van der Waals surface area contributed by atoms with Gasteiger partial charge in [0.1, 0.15) is 23.6 Å². The minimum absolute atomic E-state index is 0.0442. The third-order valence-corrected chi connectivity index (χ3v) is 5.32. The van der Waals surface area contributed by atoms with Crippen molar-refractivity contribution >= 4 is 28.7 Å². The first kappa shape index (κ1) is 23.4. The van der Waals surface area contributed by atoms with Crippen LogP contribution in [0.1, 0.15) is 27.0 Å². The van der Waals surface area contributed by atoms with Crippen LogP contribution in [0, 0.1) is 17.0 Å². The van der Waals surface area contributed by atoms with Gasteiger partial charge in [-0.05, 0) is 55.0 Å². The van der Waals surface area contributed by atoms with E-state index in [1.165, 1.54) is 24.4 Å². The quantitative estimate of drug-likeness (QED) is 0.225. The molecule has 0 bridgehead atoms. The van der Waals surface area contributed by atoms with E-state index in [-0.39, 0.29) is 17.9 Å². The first-order valence-electron chi connectivity index (χ1n) is 10.7. The van der Waals surface area contributed by atoms with E-state index in [9.17, 15) is 14.9 Å². The molecule has 4 aromatic rings. The molecule has 3 aromatic carbocycles. The number of fused-ring (bicyclic) bond motifs is 1. The van der Waals surface area contributed by atoms with Gasteiger partial charge in [-0.2, -0.15) is 5.10 Å². The maximum Gasteiger partial charge on any atom is 0.272 e. The van der Waals surface area contributed by atoms with Gasteiger partial charge < -0.3 is 9.47 Å². The summed E-state index contributed by atoms with van der Waals surface area (Å²) in [6, 6.07) is 19.2. The molecule has 0 spiro atoms. The third kappa shape index (κ3) is 5.41. The molecule has 0 saturated carbocycles. The Bertz CT molecular complexity index is 1430. The molecule has 9 nitrogen and oxygen atoms in total. The lowest BCUT2D eigenvalue weighted by atomic mass is 10.1. The van der Waals surface area contributed by atoms with Gasteiger partial charge in [-0.1, -0.05) is 18.2 Å². The van der Waals surface area contributed by atoms with Crippen molar-refractivity contribution in [1.29, 1.82) is 0 Å². The molecule has 0 atom stereocenters. The number of nitro groups is 1. The lowest BCUT2D eigenvalue weighted by Gasteiger charge is -2.12. The van der Waals surface area contributed by atoms with Crippen molar-refractivity contribution in [3.8, 4) is 11.5 Å². The summed E-state index contributed by atoms with van der Waals surface area (Å²) in [7, 11) is 1.58. The van der Waals surface area contributed by atoms with Crippen molar-refractivity contribution in [2.24, 2.45) is 5.10 Å². The maximum atomic E-state index is 12.4. The molecule has 0 unspecified atom stereocenters. The zero-order valence-corrected chi connectivity index (χ0v) is 19.1. The predicted octanol–water partition coefficient (Wildman–Crippen LogP) is 4.80. The van der Waals surface area contributed by atoms with Gasteiger partial charge in [0.25, 0.3) is 11.6 Å². The van der Waals surface area contributed by atoms with E-state index >= 15 is 0 Å². The van der Waals surface area contributed by atoms with Crippen LogP contribution in [0.5, 0.6) is 11.5 Å². The van der Waals surface area contributed by atoms with E-state index in [0.717, 1.165) is 22.0 Å². The van der Waals surface area contributed by atoms with Gasteiger partial charge in [-0.3, -0.25) is 19.9 Å². The SMILES string of the molecule is COc1ccc(/C=N/NC(=O)c2ccc([N+](=O)[O-])c(C)c2)cc1COc1cccc2cccnc12. The summed E-state index contributed by atoms with van der Waals surface area (Å²) in [5.74, 6) is 0.843. The normalized spacial score (nSPS) is 10.9. The van der Waals surface area contributed by atoms with Crippen molar-refractivity contribution in [3.63, 3.8) is 0 Å². The number of hydrogen-bond donors (Lipinski definition) is 1. The summed E-state index contributed by atoms with van der Waals surface area (Å²) in [4.78, 5) is 27.2. The molecule has 0 aliphatic heterocycles. The number of methoxy groups -OCH3 is 1. The molecule has 1 heterocycles. The first-order chi connectivity index (χ1) is 17.0. The Kier molecular flexibility index (Phi) is 6.96. The average Bonchev–Trinajstić information content (AvgIpc) is 2.87. The largest absolute Gasteiger partial charge is 0.496 e. The standard InChI is InChI=1S/C26H22N4O5/c1-17-13-20(9-10-22(17)30(32)33)26(31)29-28-15-18-8-11-23(34-2)21(14-18)16-35-24-7-3-5-19-6-4-12-27-25(19)24/h3-15H,16H2,1-2H3,(H,29,31)/b28-15+. The van der Waals surface area contributed by atoms with Crippen LogP contribution in [0.4, 0.5) is 5.69 Å². The highest BCUT2D eigenvalue weighted by Gasteiger charge is 2.13. The van der Waals surface area contributed by atoms with Crippen molar-refractivity contribution in [2.45, 2.75) is 13.5 Å². The van der Waals surface area contributed by atoms with Crippen LogP contribution in [0.25, 0.3) is 10.9 Å². The smallest absolute Gasteiger partial charge is 0.272 e. The number of carbonyl (C=O) groups is 1.